The highest BCUT2D eigenvalue weighted by Gasteiger charge is 2.27. The Hall–Kier alpha value is -0.880. The van der Waals surface area contributed by atoms with Gasteiger partial charge in [0.25, 0.3) is 0 Å². The van der Waals surface area contributed by atoms with Crippen LogP contribution in [0.15, 0.2) is 24.3 Å². The molecule has 0 aliphatic rings. The second kappa shape index (κ2) is 9.20. The zero-order chi connectivity index (χ0) is 15.7. The van der Waals surface area contributed by atoms with E-state index in [1.807, 2.05) is 24.3 Å². The van der Waals surface area contributed by atoms with Gasteiger partial charge in [0.2, 0.25) is 0 Å². The van der Waals surface area contributed by atoms with Gasteiger partial charge in [-0.25, -0.2) is 0 Å². The molecule has 0 aliphatic carbocycles. The van der Waals surface area contributed by atoms with E-state index in [-0.39, 0.29) is 17.5 Å². The Kier molecular flexibility index (Phi) is 7.96. The highest BCUT2D eigenvalue weighted by Crippen LogP contribution is 2.29. The molecule has 0 saturated carbocycles. The maximum Gasteiger partial charge on any atom is 0.441 e. The fourth-order valence-corrected chi connectivity index (χ4v) is 2.07. The smallest absolute Gasteiger partial charge is 0.441 e. The van der Waals surface area contributed by atoms with Gasteiger partial charge in [-0.15, -0.1) is 0 Å². The molecular weight excluding hydrogens is 299 g/mol. The molecule has 120 valence electrons. The number of hydrogen-bond acceptors (Lipinski definition) is 3. The molecule has 0 amide bonds. The molecule has 0 heterocycles. The number of nitrogens with one attached hydrogen (secondary N) is 1. The first-order chi connectivity index (χ1) is 9.87. The van der Waals surface area contributed by atoms with E-state index in [0.717, 1.165) is 17.7 Å². The first kappa shape index (κ1) is 18.2. The van der Waals surface area contributed by atoms with Crippen molar-refractivity contribution in [2.75, 3.05) is 18.9 Å². The Balaban J connectivity index is 2.19. The molecule has 0 spiro atoms. The minimum Gasteiger partial charge on any atom is -0.494 e. The van der Waals surface area contributed by atoms with Crippen LogP contribution >= 0.6 is 11.8 Å². The largest absolute Gasteiger partial charge is 0.494 e. The van der Waals surface area contributed by atoms with Gasteiger partial charge >= 0.3 is 5.51 Å². The van der Waals surface area contributed by atoms with E-state index in [2.05, 4.69) is 19.2 Å². The van der Waals surface area contributed by atoms with Gasteiger partial charge < -0.3 is 10.1 Å². The Labute approximate surface area is 128 Å². The van der Waals surface area contributed by atoms with E-state index in [1.165, 1.54) is 0 Å². The number of ether oxygens (including phenoxy) is 1. The van der Waals surface area contributed by atoms with Crippen LogP contribution in [0.5, 0.6) is 5.75 Å². The van der Waals surface area contributed by atoms with Crippen molar-refractivity contribution in [1.29, 1.82) is 0 Å². The standard InChI is InChI=1S/C15H22F3NOS/c1-12(2)7-9-20-14-5-3-13(4-6-14)11-19-8-10-21-15(16,17)18/h3-6,12,19H,7-11H2,1-2H3. The Morgan fingerprint density at radius 2 is 1.86 bits per heavy atom. The summed E-state index contributed by atoms with van der Waals surface area (Å²) in [5.74, 6) is 1.47. The molecule has 0 radical (unpaired) electrons. The van der Waals surface area contributed by atoms with Crippen molar-refractivity contribution in [3.63, 3.8) is 0 Å². The van der Waals surface area contributed by atoms with Crippen LogP contribution < -0.4 is 10.1 Å². The molecule has 0 atom stereocenters. The van der Waals surface area contributed by atoms with E-state index in [9.17, 15) is 13.2 Å². The van der Waals surface area contributed by atoms with Crippen molar-refractivity contribution in [2.24, 2.45) is 5.92 Å². The summed E-state index contributed by atoms with van der Waals surface area (Å²) in [5.41, 5.74) is -3.11. The van der Waals surface area contributed by atoms with Crippen molar-refractivity contribution in [3.8, 4) is 5.75 Å². The van der Waals surface area contributed by atoms with Crippen LogP contribution in [0.3, 0.4) is 0 Å². The van der Waals surface area contributed by atoms with E-state index in [4.69, 9.17) is 4.74 Å². The predicted molar refractivity (Wildman–Crippen MR) is 81.6 cm³/mol. The summed E-state index contributed by atoms with van der Waals surface area (Å²) in [6.45, 7) is 5.88. The van der Waals surface area contributed by atoms with Gasteiger partial charge in [-0.2, -0.15) is 13.2 Å². The van der Waals surface area contributed by atoms with Crippen molar-refractivity contribution in [3.05, 3.63) is 29.8 Å². The molecule has 0 fully saturated rings. The molecule has 0 aromatic heterocycles. The van der Waals surface area contributed by atoms with E-state index >= 15 is 0 Å². The third kappa shape index (κ3) is 9.63. The molecule has 6 heteroatoms. The van der Waals surface area contributed by atoms with Gasteiger partial charge in [0.05, 0.1) is 6.61 Å². The molecule has 0 aliphatic heterocycles. The molecular formula is C15H22F3NOS. The summed E-state index contributed by atoms with van der Waals surface area (Å²) in [4.78, 5) is 0. The van der Waals surface area contributed by atoms with Crippen molar-refractivity contribution < 1.29 is 17.9 Å². The van der Waals surface area contributed by atoms with E-state index < -0.39 is 5.51 Å². The molecule has 21 heavy (non-hydrogen) atoms. The van der Waals surface area contributed by atoms with Gasteiger partial charge in [0, 0.05) is 18.8 Å². The van der Waals surface area contributed by atoms with Crippen molar-refractivity contribution in [2.45, 2.75) is 32.3 Å². The molecule has 1 N–H and O–H groups in total. The molecule has 0 saturated heterocycles. The summed E-state index contributed by atoms with van der Waals surface area (Å²) in [7, 11) is 0. The third-order valence-corrected chi connectivity index (χ3v) is 3.50. The Morgan fingerprint density at radius 3 is 2.43 bits per heavy atom. The van der Waals surface area contributed by atoms with Gasteiger partial charge in [0.15, 0.2) is 0 Å². The van der Waals surface area contributed by atoms with Crippen LogP contribution in [-0.2, 0) is 6.54 Å². The van der Waals surface area contributed by atoms with Gasteiger partial charge in [-0.1, -0.05) is 26.0 Å². The lowest BCUT2D eigenvalue weighted by Crippen LogP contribution is -2.18. The monoisotopic (exact) mass is 321 g/mol. The third-order valence-electron chi connectivity index (χ3n) is 2.76. The lowest BCUT2D eigenvalue weighted by atomic mass is 10.1. The Bertz CT molecular complexity index is 393. The molecule has 1 rings (SSSR count). The maximum atomic E-state index is 11.9. The van der Waals surface area contributed by atoms with E-state index in [1.54, 1.807) is 0 Å². The molecule has 2 nitrogen and oxygen atoms in total. The van der Waals surface area contributed by atoms with Crippen LogP contribution in [0.4, 0.5) is 13.2 Å². The van der Waals surface area contributed by atoms with Crippen LogP contribution in [0.1, 0.15) is 25.8 Å². The Morgan fingerprint density at radius 1 is 1.19 bits per heavy atom. The summed E-state index contributed by atoms with van der Waals surface area (Å²) < 4.78 is 41.4. The SMILES string of the molecule is CC(C)CCOc1ccc(CNCCSC(F)(F)F)cc1. The highest BCUT2D eigenvalue weighted by molar-refractivity contribution is 8.00. The topological polar surface area (TPSA) is 21.3 Å². The number of alkyl halides is 3. The minimum atomic E-state index is -4.14. The quantitative estimate of drug-likeness (QED) is 0.679. The maximum absolute atomic E-state index is 11.9. The fourth-order valence-electron chi connectivity index (χ4n) is 1.59. The fraction of sp³-hybridized carbons (Fsp3) is 0.600. The van der Waals surface area contributed by atoms with E-state index in [0.29, 0.717) is 25.6 Å². The van der Waals surface area contributed by atoms with Crippen molar-refractivity contribution >= 4 is 11.8 Å². The number of halogens is 3. The summed E-state index contributed by atoms with van der Waals surface area (Å²) >= 11 is -0.0000148. The van der Waals surface area contributed by atoms with Gasteiger partial charge in [-0.3, -0.25) is 0 Å². The minimum absolute atomic E-state index is 0.0000148. The lowest BCUT2D eigenvalue weighted by molar-refractivity contribution is -0.0327. The average Bonchev–Trinajstić information content (AvgIpc) is 2.38. The molecule has 1 aromatic carbocycles. The molecule has 0 unspecified atom stereocenters. The summed E-state index contributed by atoms with van der Waals surface area (Å²) in [5, 5.41) is 2.99. The molecule has 0 bridgehead atoms. The summed E-state index contributed by atoms with van der Waals surface area (Å²) in [6.07, 6.45) is 1.01. The number of thioether (sulfide) groups is 1. The number of benzene rings is 1. The average molecular weight is 321 g/mol. The number of rotatable bonds is 9. The lowest BCUT2D eigenvalue weighted by Gasteiger charge is -2.09. The van der Waals surface area contributed by atoms with Crippen LogP contribution in [0.25, 0.3) is 0 Å². The first-order valence-corrected chi connectivity index (χ1v) is 7.98. The zero-order valence-electron chi connectivity index (χ0n) is 12.4. The zero-order valence-corrected chi connectivity index (χ0v) is 13.2. The van der Waals surface area contributed by atoms with Crippen molar-refractivity contribution in [1.82, 2.24) is 5.32 Å². The molecule has 1 aromatic rings. The van der Waals surface area contributed by atoms with Gasteiger partial charge in [-0.05, 0) is 41.8 Å². The van der Waals surface area contributed by atoms with Crippen LogP contribution in [0, 0.1) is 5.92 Å². The van der Waals surface area contributed by atoms with Crippen LogP contribution in [-0.4, -0.2) is 24.4 Å². The first-order valence-electron chi connectivity index (χ1n) is 7.00. The number of hydrogen-bond donors (Lipinski definition) is 1. The predicted octanol–water partition coefficient (Wildman–Crippen LogP) is 4.45. The highest BCUT2D eigenvalue weighted by atomic mass is 32.2. The second-order valence-electron chi connectivity index (χ2n) is 5.15. The van der Waals surface area contributed by atoms with Crippen LogP contribution in [0.2, 0.25) is 0 Å². The summed E-state index contributed by atoms with van der Waals surface area (Å²) in [6, 6.07) is 7.63. The second-order valence-corrected chi connectivity index (χ2v) is 6.31. The normalized spacial score (nSPS) is 11.9. The van der Waals surface area contributed by atoms with Gasteiger partial charge in [0.1, 0.15) is 5.75 Å².